The Labute approximate surface area is 146 Å². The molecule has 2 fully saturated rings. The van der Waals surface area contributed by atoms with Crippen molar-refractivity contribution in [1.82, 2.24) is 24.9 Å². The van der Waals surface area contributed by atoms with E-state index >= 15 is 0 Å². The van der Waals surface area contributed by atoms with Crippen molar-refractivity contribution in [3.63, 3.8) is 0 Å². The van der Waals surface area contributed by atoms with Gasteiger partial charge in [0.05, 0.1) is 0 Å². The molecule has 7 nitrogen and oxygen atoms in total. The van der Waals surface area contributed by atoms with Crippen LogP contribution in [0, 0.1) is 5.92 Å². The molecule has 1 N–H and O–H groups in total. The second kappa shape index (κ2) is 9.22. The Morgan fingerprint density at radius 1 is 1.21 bits per heavy atom. The van der Waals surface area contributed by atoms with E-state index in [1.54, 1.807) is 4.90 Å². The van der Waals surface area contributed by atoms with Crippen LogP contribution in [0.25, 0.3) is 0 Å². The first-order chi connectivity index (χ1) is 11.5. The Hall–Kier alpha value is -1.34. The van der Waals surface area contributed by atoms with Gasteiger partial charge in [-0.1, -0.05) is 0 Å². The van der Waals surface area contributed by atoms with Gasteiger partial charge in [0.15, 0.2) is 5.96 Å². The van der Waals surface area contributed by atoms with Crippen LogP contribution in [0.15, 0.2) is 4.99 Å². The summed E-state index contributed by atoms with van der Waals surface area (Å²) >= 11 is 0. The molecule has 7 heteroatoms. The summed E-state index contributed by atoms with van der Waals surface area (Å²) in [6.07, 6.45) is 1.88. The van der Waals surface area contributed by atoms with Crippen LogP contribution in [0.5, 0.6) is 0 Å². The Balaban J connectivity index is 1.69. The molecule has 1 atom stereocenters. The van der Waals surface area contributed by atoms with E-state index in [0.717, 1.165) is 51.1 Å². The minimum absolute atomic E-state index is 0.205. The van der Waals surface area contributed by atoms with Crippen molar-refractivity contribution in [2.75, 3.05) is 80.5 Å². The van der Waals surface area contributed by atoms with Gasteiger partial charge in [0.2, 0.25) is 5.91 Å². The predicted octanol–water partition coefficient (Wildman–Crippen LogP) is -0.391. The van der Waals surface area contributed by atoms with Gasteiger partial charge in [-0.2, -0.15) is 0 Å². The van der Waals surface area contributed by atoms with Crippen molar-refractivity contribution < 1.29 is 4.79 Å². The van der Waals surface area contributed by atoms with Crippen molar-refractivity contribution in [3.05, 3.63) is 0 Å². The molecule has 0 spiro atoms. The van der Waals surface area contributed by atoms with Crippen LogP contribution in [0.1, 0.15) is 12.8 Å². The molecule has 24 heavy (non-hydrogen) atoms. The zero-order chi connectivity index (χ0) is 17.5. The average molecular weight is 339 g/mol. The van der Waals surface area contributed by atoms with Gasteiger partial charge >= 0.3 is 0 Å². The molecule has 2 aliphatic rings. The van der Waals surface area contributed by atoms with Crippen LogP contribution >= 0.6 is 0 Å². The molecule has 2 heterocycles. The van der Waals surface area contributed by atoms with E-state index in [-0.39, 0.29) is 5.91 Å². The molecule has 0 bridgehead atoms. The molecule has 2 aliphatic heterocycles. The number of aliphatic imine (C=N–C) groups is 1. The average Bonchev–Trinajstić information content (AvgIpc) is 2.99. The fourth-order valence-electron chi connectivity index (χ4n) is 3.42. The Bertz CT molecular complexity index is 431. The zero-order valence-corrected chi connectivity index (χ0v) is 15.8. The molecule has 0 aromatic heterocycles. The topological polar surface area (TPSA) is 54.4 Å². The first kappa shape index (κ1) is 19.0. The predicted molar refractivity (Wildman–Crippen MR) is 98.3 cm³/mol. The van der Waals surface area contributed by atoms with Gasteiger partial charge in [-0.25, -0.2) is 0 Å². The van der Waals surface area contributed by atoms with Gasteiger partial charge in [-0.15, -0.1) is 0 Å². The number of carbonyl (C=O) groups is 1. The highest BCUT2D eigenvalue weighted by Crippen LogP contribution is 2.13. The highest BCUT2D eigenvalue weighted by Gasteiger charge is 2.23. The summed E-state index contributed by atoms with van der Waals surface area (Å²) in [6.45, 7) is 8.18. The van der Waals surface area contributed by atoms with Gasteiger partial charge in [-0.05, 0) is 25.9 Å². The summed E-state index contributed by atoms with van der Waals surface area (Å²) in [5, 5.41) is 3.55. The van der Waals surface area contributed by atoms with Crippen LogP contribution < -0.4 is 5.32 Å². The van der Waals surface area contributed by atoms with Crippen molar-refractivity contribution in [2.45, 2.75) is 12.8 Å². The van der Waals surface area contributed by atoms with E-state index in [1.807, 2.05) is 21.1 Å². The largest absolute Gasteiger partial charge is 0.356 e. The number of rotatable bonds is 5. The third-order valence-corrected chi connectivity index (χ3v) is 5.06. The molecule has 2 rings (SSSR count). The lowest BCUT2D eigenvalue weighted by Gasteiger charge is -2.36. The van der Waals surface area contributed by atoms with Crippen LogP contribution in [-0.4, -0.2) is 112 Å². The Kier molecular flexibility index (Phi) is 7.30. The quantitative estimate of drug-likeness (QED) is 0.547. The molecule has 2 saturated heterocycles. The maximum atomic E-state index is 11.7. The monoisotopic (exact) mass is 338 g/mol. The van der Waals surface area contributed by atoms with E-state index in [2.05, 4.69) is 32.1 Å². The van der Waals surface area contributed by atoms with Crippen LogP contribution in [0.2, 0.25) is 0 Å². The lowest BCUT2D eigenvalue weighted by Crippen LogP contribution is -2.53. The molecule has 1 amide bonds. The molecule has 0 radical (unpaired) electrons. The van der Waals surface area contributed by atoms with E-state index in [0.29, 0.717) is 6.42 Å². The van der Waals surface area contributed by atoms with Gasteiger partial charge in [-0.3, -0.25) is 14.7 Å². The second-order valence-corrected chi connectivity index (χ2v) is 7.21. The number of hydrogen-bond donors (Lipinski definition) is 1. The Morgan fingerprint density at radius 3 is 2.46 bits per heavy atom. The highest BCUT2D eigenvalue weighted by molar-refractivity contribution is 5.80. The van der Waals surface area contributed by atoms with Gasteiger partial charge in [0.25, 0.3) is 0 Å². The number of piperazine rings is 1. The van der Waals surface area contributed by atoms with E-state index in [4.69, 9.17) is 0 Å². The van der Waals surface area contributed by atoms with E-state index in [9.17, 15) is 4.79 Å². The standard InChI is InChI=1S/C17H34N6O/c1-18-17(19-13-15-5-7-21(4)14-15)23-11-9-22(10-12-23)8-6-16(24)20(2)3/h15H,5-14H2,1-4H3,(H,18,19). The number of guanidine groups is 1. The van der Waals surface area contributed by atoms with Crippen molar-refractivity contribution in [1.29, 1.82) is 0 Å². The molecule has 0 saturated carbocycles. The molecule has 0 aromatic rings. The highest BCUT2D eigenvalue weighted by atomic mass is 16.2. The van der Waals surface area contributed by atoms with Crippen LogP contribution in [0.4, 0.5) is 0 Å². The number of nitrogens with one attached hydrogen (secondary N) is 1. The second-order valence-electron chi connectivity index (χ2n) is 7.21. The summed E-state index contributed by atoms with van der Waals surface area (Å²) in [5.41, 5.74) is 0. The summed E-state index contributed by atoms with van der Waals surface area (Å²) in [4.78, 5) is 24.9. The lowest BCUT2D eigenvalue weighted by atomic mass is 10.1. The van der Waals surface area contributed by atoms with Crippen molar-refractivity contribution in [2.24, 2.45) is 10.9 Å². The van der Waals surface area contributed by atoms with Crippen LogP contribution in [-0.2, 0) is 4.79 Å². The minimum Gasteiger partial charge on any atom is -0.356 e. The summed E-state index contributed by atoms with van der Waals surface area (Å²) in [6, 6.07) is 0. The minimum atomic E-state index is 0.205. The molecule has 0 aliphatic carbocycles. The zero-order valence-electron chi connectivity index (χ0n) is 15.8. The summed E-state index contributed by atoms with van der Waals surface area (Å²) in [7, 11) is 7.69. The maximum absolute atomic E-state index is 11.7. The number of amides is 1. The SMILES string of the molecule is CN=C(NCC1CCN(C)C1)N1CCN(CCC(=O)N(C)C)CC1. The van der Waals surface area contributed by atoms with Gasteiger partial charge < -0.3 is 20.0 Å². The fourth-order valence-corrected chi connectivity index (χ4v) is 3.42. The molecular weight excluding hydrogens is 304 g/mol. The third-order valence-electron chi connectivity index (χ3n) is 5.06. The van der Waals surface area contributed by atoms with Gasteiger partial charge in [0, 0.05) is 73.4 Å². The first-order valence-electron chi connectivity index (χ1n) is 9.06. The van der Waals surface area contributed by atoms with E-state index in [1.165, 1.54) is 19.5 Å². The smallest absolute Gasteiger partial charge is 0.223 e. The summed E-state index contributed by atoms with van der Waals surface area (Å²) < 4.78 is 0. The molecule has 1 unspecified atom stereocenters. The third kappa shape index (κ3) is 5.63. The number of carbonyl (C=O) groups excluding carboxylic acids is 1. The maximum Gasteiger partial charge on any atom is 0.223 e. The summed E-state index contributed by atoms with van der Waals surface area (Å²) in [5.74, 6) is 1.95. The fraction of sp³-hybridized carbons (Fsp3) is 0.882. The van der Waals surface area contributed by atoms with Gasteiger partial charge in [0.1, 0.15) is 0 Å². The molecular formula is C17H34N6O. The number of likely N-dealkylation sites (tertiary alicyclic amines) is 1. The lowest BCUT2D eigenvalue weighted by molar-refractivity contribution is -0.129. The van der Waals surface area contributed by atoms with Crippen molar-refractivity contribution >= 4 is 11.9 Å². The number of hydrogen-bond acceptors (Lipinski definition) is 4. The molecule has 138 valence electrons. The van der Waals surface area contributed by atoms with E-state index < -0.39 is 0 Å². The van der Waals surface area contributed by atoms with Crippen molar-refractivity contribution in [3.8, 4) is 0 Å². The molecule has 0 aromatic carbocycles. The Morgan fingerprint density at radius 2 is 1.92 bits per heavy atom. The van der Waals surface area contributed by atoms with Crippen LogP contribution in [0.3, 0.4) is 0 Å². The first-order valence-corrected chi connectivity index (χ1v) is 9.06. The normalized spacial score (nSPS) is 23.6. The number of nitrogens with zero attached hydrogens (tertiary/aromatic N) is 5.